The minimum Gasteiger partial charge on any atom is -0.383 e. The predicted molar refractivity (Wildman–Crippen MR) is 84.1 cm³/mol. The lowest BCUT2D eigenvalue weighted by atomic mass is 10.3. The minimum absolute atomic E-state index is 0.0716. The van der Waals surface area contributed by atoms with Gasteiger partial charge in [0, 0.05) is 24.6 Å². The Morgan fingerprint density at radius 2 is 2.15 bits per heavy atom. The van der Waals surface area contributed by atoms with Crippen molar-refractivity contribution < 1.29 is 13.2 Å². The lowest BCUT2D eigenvalue weighted by Crippen LogP contribution is -2.40. The lowest BCUT2D eigenvalue weighted by molar-refractivity contribution is 0.167. The molecule has 116 valence electrons. The van der Waals surface area contributed by atoms with Gasteiger partial charge in [0.2, 0.25) is 10.0 Å². The van der Waals surface area contributed by atoms with E-state index in [0.29, 0.717) is 22.9 Å². The van der Waals surface area contributed by atoms with E-state index in [2.05, 4.69) is 0 Å². The maximum atomic E-state index is 12.9. The van der Waals surface area contributed by atoms with Gasteiger partial charge in [0.1, 0.15) is 4.90 Å². The van der Waals surface area contributed by atoms with Gasteiger partial charge in [-0.2, -0.15) is 4.31 Å². The highest BCUT2D eigenvalue weighted by Crippen LogP contribution is 2.31. The van der Waals surface area contributed by atoms with Crippen LogP contribution in [0.15, 0.2) is 10.3 Å². The van der Waals surface area contributed by atoms with Crippen LogP contribution in [0.25, 0.3) is 0 Å². The summed E-state index contributed by atoms with van der Waals surface area (Å²) < 4.78 is 32.4. The Hall–Kier alpha value is -0.140. The van der Waals surface area contributed by atoms with Crippen molar-refractivity contribution in [3.63, 3.8) is 0 Å². The van der Waals surface area contributed by atoms with Gasteiger partial charge in [0.25, 0.3) is 0 Å². The monoisotopic (exact) mass is 339 g/mol. The molecule has 0 bridgehead atoms. The van der Waals surface area contributed by atoms with E-state index >= 15 is 0 Å². The molecule has 20 heavy (non-hydrogen) atoms. The Labute approximate surface area is 130 Å². The molecule has 0 N–H and O–H groups in total. The van der Waals surface area contributed by atoms with Crippen molar-refractivity contribution in [2.45, 2.75) is 44.0 Å². The van der Waals surface area contributed by atoms with Crippen molar-refractivity contribution in [2.24, 2.45) is 0 Å². The average Bonchev–Trinajstić information content (AvgIpc) is 2.80. The normalized spacial score (nSPS) is 13.9. The van der Waals surface area contributed by atoms with Gasteiger partial charge in [-0.25, -0.2) is 8.42 Å². The summed E-state index contributed by atoms with van der Waals surface area (Å²) >= 11 is 7.27. The van der Waals surface area contributed by atoms with Crippen molar-refractivity contribution in [2.75, 3.05) is 20.3 Å². The molecule has 0 radical (unpaired) electrons. The van der Waals surface area contributed by atoms with Gasteiger partial charge >= 0.3 is 0 Å². The van der Waals surface area contributed by atoms with Crippen LogP contribution in [0.2, 0.25) is 0 Å². The van der Waals surface area contributed by atoms with Crippen LogP contribution in [0.3, 0.4) is 0 Å². The summed E-state index contributed by atoms with van der Waals surface area (Å²) in [6.07, 6.45) is 0.752. The minimum atomic E-state index is -3.54. The van der Waals surface area contributed by atoms with Crippen molar-refractivity contribution in [3.8, 4) is 0 Å². The Bertz CT molecular complexity index is 528. The fraction of sp³-hybridized carbons (Fsp3) is 0.692. The summed E-state index contributed by atoms with van der Waals surface area (Å²) in [6.45, 7) is 6.43. The molecule has 1 atom stereocenters. The Morgan fingerprint density at radius 1 is 1.50 bits per heavy atom. The number of sulfonamides is 1. The summed E-state index contributed by atoms with van der Waals surface area (Å²) in [5.41, 5.74) is 0.761. The molecule has 0 amide bonds. The molecule has 1 unspecified atom stereocenters. The van der Waals surface area contributed by atoms with Crippen LogP contribution in [0.5, 0.6) is 0 Å². The first-order chi connectivity index (χ1) is 9.39. The first-order valence-corrected chi connectivity index (χ1v) is 9.39. The van der Waals surface area contributed by atoms with E-state index in [9.17, 15) is 8.42 Å². The molecule has 7 heteroatoms. The van der Waals surface area contributed by atoms with Crippen LogP contribution in [-0.4, -0.2) is 39.0 Å². The summed E-state index contributed by atoms with van der Waals surface area (Å²) in [6, 6.07) is -0.0716. The predicted octanol–water partition coefficient (Wildman–Crippen LogP) is 3.23. The second kappa shape index (κ2) is 7.75. The standard InChI is InChI=1S/C13H22ClNO3S2/c1-5-11(3)15(6-7-18-4)20(16,17)13-10(2)9-19-12(13)8-14/h9,11H,5-8H2,1-4H3. The number of nitrogens with zero attached hydrogens (tertiary/aromatic N) is 1. The van der Waals surface area contributed by atoms with Crippen molar-refractivity contribution >= 4 is 33.0 Å². The number of hydrogen-bond acceptors (Lipinski definition) is 4. The van der Waals surface area contributed by atoms with E-state index in [1.54, 1.807) is 7.11 Å². The van der Waals surface area contributed by atoms with Crippen molar-refractivity contribution in [1.82, 2.24) is 4.31 Å². The zero-order chi connectivity index (χ0) is 15.3. The molecule has 0 saturated carbocycles. The molecule has 1 aromatic heterocycles. The summed E-state index contributed by atoms with van der Waals surface area (Å²) in [7, 11) is -1.96. The second-order valence-corrected chi connectivity index (χ2v) is 7.73. The molecule has 0 saturated heterocycles. The molecule has 4 nitrogen and oxygen atoms in total. The second-order valence-electron chi connectivity index (χ2n) is 4.67. The summed E-state index contributed by atoms with van der Waals surface area (Å²) in [5.74, 6) is 0.214. The number of methoxy groups -OCH3 is 1. The third-order valence-corrected chi connectivity index (χ3v) is 7.18. The van der Waals surface area contributed by atoms with Crippen LogP contribution in [0, 0.1) is 6.92 Å². The zero-order valence-electron chi connectivity index (χ0n) is 12.3. The largest absolute Gasteiger partial charge is 0.383 e. The number of ether oxygens (including phenoxy) is 1. The van der Waals surface area contributed by atoms with E-state index in [0.717, 1.165) is 12.0 Å². The van der Waals surface area contributed by atoms with Gasteiger partial charge in [-0.05, 0) is 31.2 Å². The number of halogens is 1. The maximum absolute atomic E-state index is 12.9. The maximum Gasteiger partial charge on any atom is 0.244 e. The van der Waals surface area contributed by atoms with Gasteiger partial charge in [-0.1, -0.05) is 6.92 Å². The fourth-order valence-electron chi connectivity index (χ4n) is 2.01. The highest BCUT2D eigenvalue weighted by Gasteiger charge is 2.32. The quantitative estimate of drug-likeness (QED) is 0.683. The number of hydrogen-bond donors (Lipinski definition) is 0. The van der Waals surface area contributed by atoms with Crippen LogP contribution < -0.4 is 0 Å². The highest BCUT2D eigenvalue weighted by atomic mass is 35.5. The molecule has 0 aliphatic carbocycles. The highest BCUT2D eigenvalue weighted by molar-refractivity contribution is 7.89. The molecule has 1 heterocycles. The molecule has 0 aromatic carbocycles. The Morgan fingerprint density at radius 3 is 2.65 bits per heavy atom. The Balaban J connectivity index is 3.25. The smallest absolute Gasteiger partial charge is 0.244 e. The third kappa shape index (κ3) is 3.74. The average molecular weight is 340 g/mol. The van der Waals surface area contributed by atoms with Gasteiger partial charge in [-0.15, -0.1) is 22.9 Å². The van der Waals surface area contributed by atoms with Crippen LogP contribution >= 0.6 is 22.9 Å². The molecule has 0 aliphatic heterocycles. The summed E-state index contributed by atoms with van der Waals surface area (Å²) in [4.78, 5) is 1.07. The van der Waals surface area contributed by atoms with E-state index in [1.807, 2.05) is 26.2 Å². The molecule has 1 aromatic rings. The van der Waals surface area contributed by atoms with Crippen LogP contribution in [0.1, 0.15) is 30.7 Å². The fourth-order valence-corrected chi connectivity index (χ4v) is 5.71. The molecule has 0 spiro atoms. The van der Waals surface area contributed by atoms with Crippen molar-refractivity contribution in [1.29, 1.82) is 0 Å². The van der Waals surface area contributed by atoms with Gasteiger partial charge in [-0.3, -0.25) is 0 Å². The van der Waals surface area contributed by atoms with Crippen molar-refractivity contribution in [3.05, 3.63) is 15.8 Å². The van der Waals surface area contributed by atoms with E-state index in [-0.39, 0.29) is 11.9 Å². The molecule has 0 fully saturated rings. The first-order valence-electron chi connectivity index (χ1n) is 6.53. The summed E-state index contributed by atoms with van der Waals surface area (Å²) in [5, 5.41) is 1.84. The van der Waals surface area contributed by atoms with Gasteiger partial charge < -0.3 is 4.74 Å². The first kappa shape index (κ1) is 17.9. The lowest BCUT2D eigenvalue weighted by Gasteiger charge is -2.27. The third-order valence-electron chi connectivity index (χ3n) is 3.28. The molecular formula is C13H22ClNO3S2. The zero-order valence-corrected chi connectivity index (χ0v) is 14.7. The van der Waals surface area contributed by atoms with Gasteiger partial charge in [0.15, 0.2) is 0 Å². The van der Waals surface area contributed by atoms with Gasteiger partial charge in [0.05, 0.1) is 12.5 Å². The molecular weight excluding hydrogens is 318 g/mol. The number of thiophene rings is 1. The SMILES string of the molecule is CCC(C)N(CCOC)S(=O)(=O)c1c(C)csc1CCl. The van der Waals surface area contributed by atoms with Crippen LogP contribution in [0.4, 0.5) is 0 Å². The molecule has 0 aliphatic rings. The Kier molecular flexibility index (Phi) is 6.94. The van der Waals surface area contributed by atoms with E-state index in [1.165, 1.54) is 15.6 Å². The number of rotatable bonds is 8. The molecule has 1 rings (SSSR count). The van der Waals surface area contributed by atoms with Crippen LogP contribution in [-0.2, 0) is 20.6 Å². The number of alkyl halides is 1. The topological polar surface area (TPSA) is 46.6 Å². The number of aryl methyl sites for hydroxylation is 1. The van der Waals surface area contributed by atoms with E-state index < -0.39 is 10.0 Å². The van der Waals surface area contributed by atoms with E-state index in [4.69, 9.17) is 16.3 Å².